The van der Waals surface area contributed by atoms with Crippen molar-refractivity contribution >= 4 is 11.4 Å². The number of nitrogens with two attached hydrogens (primary N) is 1. The zero-order valence-corrected chi connectivity index (χ0v) is 9.36. The van der Waals surface area contributed by atoms with Gasteiger partial charge in [0.2, 0.25) is 0 Å². The average Bonchev–Trinajstić information content (AvgIpc) is 2.23. The predicted octanol–water partition coefficient (Wildman–Crippen LogP) is 1.80. The number of aryl methyl sites for hydroxylation is 1. The molecule has 1 aliphatic rings. The molecule has 1 heterocycles. The second-order valence-corrected chi connectivity index (χ2v) is 4.16. The largest absolute Gasteiger partial charge is 0.398 e. The van der Waals surface area contributed by atoms with Crippen LogP contribution < -0.4 is 10.6 Å². The summed E-state index contributed by atoms with van der Waals surface area (Å²) in [4.78, 5) is 2.35. The standard InChI is InChI=1S/C12H18N2O/c1-9-3-4-11(7-12(9)13)14-5-6-15-8-10(14)2/h3-4,7,10H,5-6,8,13H2,1-2H3. The van der Waals surface area contributed by atoms with Gasteiger partial charge in [0.15, 0.2) is 0 Å². The molecule has 0 aromatic heterocycles. The number of nitrogens with zero attached hydrogens (tertiary/aromatic N) is 1. The van der Waals surface area contributed by atoms with E-state index < -0.39 is 0 Å². The van der Waals surface area contributed by atoms with Crippen LogP contribution in [0.4, 0.5) is 11.4 Å². The van der Waals surface area contributed by atoms with Crippen LogP contribution >= 0.6 is 0 Å². The van der Waals surface area contributed by atoms with E-state index >= 15 is 0 Å². The van der Waals surface area contributed by atoms with Gasteiger partial charge < -0.3 is 15.4 Å². The van der Waals surface area contributed by atoms with Gasteiger partial charge in [-0.3, -0.25) is 0 Å². The molecule has 1 aromatic carbocycles. The molecule has 3 nitrogen and oxygen atoms in total. The number of ether oxygens (including phenoxy) is 1. The van der Waals surface area contributed by atoms with Crippen molar-refractivity contribution in [3.05, 3.63) is 23.8 Å². The molecule has 2 rings (SSSR count). The third-order valence-electron chi connectivity index (χ3n) is 2.96. The molecule has 2 N–H and O–H groups in total. The van der Waals surface area contributed by atoms with Gasteiger partial charge in [0.05, 0.1) is 13.2 Å². The minimum absolute atomic E-state index is 0.431. The summed E-state index contributed by atoms with van der Waals surface area (Å²) >= 11 is 0. The van der Waals surface area contributed by atoms with Gasteiger partial charge in [-0.15, -0.1) is 0 Å². The molecule has 1 saturated heterocycles. The van der Waals surface area contributed by atoms with Crippen molar-refractivity contribution in [3.63, 3.8) is 0 Å². The zero-order valence-electron chi connectivity index (χ0n) is 9.36. The molecule has 0 amide bonds. The van der Waals surface area contributed by atoms with Crippen molar-refractivity contribution in [1.82, 2.24) is 0 Å². The quantitative estimate of drug-likeness (QED) is 0.712. The number of rotatable bonds is 1. The Morgan fingerprint density at radius 3 is 2.93 bits per heavy atom. The lowest BCUT2D eigenvalue weighted by molar-refractivity contribution is 0.0989. The Morgan fingerprint density at radius 1 is 1.47 bits per heavy atom. The molecule has 1 unspecified atom stereocenters. The lowest BCUT2D eigenvalue weighted by Crippen LogP contribution is -2.43. The van der Waals surface area contributed by atoms with Crippen LogP contribution in [0.2, 0.25) is 0 Å². The Kier molecular flexibility index (Phi) is 2.82. The van der Waals surface area contributed by atoms with E-state index in [4.69, 9.17) is 10.5 Å². The molecular weight excluding hydrogens is 188 g/mol. The third kappa shape index (κ3) is 2.07. The lowest BCUT2D eigenvalue weighted by atomic mass is 10.1. The van der Waals surface area contributed by atoms with Crippen molar-refractivity contribution in [1.29, 1.82) is 0 Å². The first-order valence-corrected chi connectivity index (χ1v) is 5.39. The van der Waals surface area contributed by atoms with Crippen LogP contribution in [0.25, 0.3) is 0 Å². The maximum atomic E-state index is 5.91. The van der Waals surface area contributed by atoms with E-state index in [1.165, 1.54) is 5.69 Å². The van der Waals surface area contributed by atoms with Crippen molar-refractivity contribution in [2.24, 2.45) is 0 Å². The van der Waals surface area contributed by atoms with Crippen LogP contribution in [-0.2, 0) is 4.74 Å². The van der Waals surface area contributed by atoms with Crippen LogP contribution in [0.3, 0.4) is 0 Å². The maximum absolute atomic E-state index is 5.91. The summed E-state index contributed by atoms with van der Waals surface area (Å²) in [6.07, 6.45) is 0. The summed E-state index contributed by atoms with van der Waals surface area (Å²) in [6.45, 7) is 6.76. The Bertz CT molecular complexity index is 351. The summed E-state index contributed by atoms with van der Waals surface area (Å²) in [5, 5.41) is 0. The minimum atomic E-state index is 0.431. The number of hydrogen-bond acceptors (Lipinski definition) is 3. The van der Waals surface area contributed by atoms with Gasteiger partial charge in [-0.05, 0) is 31.5 Å². The highest BCUT2D eigenvalue weighted by atomic mass is 16.5. The second-order valence-electron chi connectivity index (χ2n) is 4.16. The van der Waals surface area contributed by atoms with E-state index in [0.717, 1.165) is 31.0 Å². The SMILES string of the molecule is Cc1ccc(N2CCOCC2C)cc1N. The zero-order chi connectivity index (χ0) is 10.8. The maximum Gasteiger partial charge on any atom is 0.0668 e. The summed E-state index contributed by atoms with van der Waals surface area (Å²) < 4.78 is 5.41. The van der Waals surface area contributed by atoms with E-state index in [-0.39, 0.29) is 0 Å². The van der Waals surface area contributed by atoms with Crippen LogP contribution in [0.15, 0.2) is 18.2 Å². The summed E-state index contributed by atoms with van der Waals surface area (Å²) in [5.41, 5.74) is 9.12. The van der Waals surface area contributed by atoms with Gasteiger partial charge in [-0.1, -0.05) is 6.07 Å². The Labute approximate surface area is 90.8 Å². The highest BCUT2D eigenvalue weighted by Crippen LogP contribution is 2.23. The molecular formula is C12H18N2O. The first-order valence-electron chi connectivity index (χ1n) is 5.39. The Hall–Kier alpha value is -1.22. The van der Waals surface area contributed by atoms with Gasteiger partial charge in [0.1, 0.15) is 0 Å². The van der Waals surface area contributed by atoms with E-state index in [2.05, 4.69) is 30.0 Å². The second kappa shape index (κ2) is 4.11. The van der Waals surface area contributed by atoms with E-state index in [1.807, 2.05) is 6.92 Å². The Balaban J connectivity index is 2.24. The third-order valence-corrected chi connectivity index (χ3v) is 2.96. The van der Waals surface area contributed by atoms with Crippen LogP contribution in [0.5, 0.6) is 0 Å². The van der Waals surface area contributed by atoms with E-state index in [1.54, 1.807) is 0 Å². The number of benzene rings is 1. The van der Waals surface area contributed by atoms with Gasteiger partial charge >= 0.3 is 0 Å². The molecule has 1 aliphatic heterocycles. The monoisotopic (exact) mass is 206 g/mol. The summed E-state index contributed by atoms with van der Waals surface area (Å²) in [5.74, 6) is 0. The van der Waals surface area contributed by atoms with Crippen LogP contribution in [0, 0.1) is 6.92 Å². The first kappa shape index (κ1) is 10.3. The minimum Gasteiger partial charge on any atom is -0.398 e. The van der Waals surface area contributed by atoms with Crippen LogP contribution in [0.1, 0.15) is 12.5 Å². The van der Waals surface area contributed by atoms with Crippen molar-refractivity contribution < 1.29 is 4.74 Å². The van der Waals surface area contributed by atoms with E-state index in [0.29, 0.717) is 6.04 Å². The molecule has 82 valence electrons. The summed E-state index contributed by atoms with van der Waals surface area (Å²) in [7, 11) is 0. The van der Waals surface area contributed by atoms with Gasteiger partial charge in [-0.25, -0.2) is 0 Å². The predicted molar refractivity (Wildman–Crippen MR) is 63.2 cm³/mol. The molecule has 0 radical (unpaired) electrons. The highest BCUT2D eigenvalue weighted by Gasteiger charge is 2.19. The number of hydrogen-bond donors (Lipinski definition) is 1. The number of morpholine rings is 1. The fourth-order valence-electron chi connectivity index (χ4n) is 1.92. The fourth-order valence-corrected chi connectivity index (χ4v) is 1.92. The molecule has 1 atom stereocenters. The molecule has 1 aromatic rings. The number of nitrogen functional groups attached to an aromatic ring is 1. The highest BCUT2D eigenvalue weighted by molar-refractivity contribution is 5.60. The molecule has 1 fully saturated rings. The molecule has 3 heteroatoms. The summed E-state index contributed by atoms with van der Waals surface area (Å²) in [6, 6.07) is 6.69. The van der Waals surface area contributed by atoms with Crippen molar-refractivity contribution in [3.8, 4) is 0 Å². The molecule has 0 saturated carbocycles. The van der Waals surface area contributed by atoms with Gasteiger partial charge in [-0.2, -0.15) is 0 Å². The van der Waals surface area contributed by atoms with Crippen molar-refractivity contribution in [2.45, 2.75) is 19.9 Å². The van der Waals surface area contributed by atoms with Crippen LogP contribution in [-0.4, -0.2) is 25.8 Å². The van der Waals surface area contributed by atoms with Gasteiger partial charge in [0, 0.05) is 24.0 Å². The van der Waals surface area contributed by atoms with E-state index in [9.17, 15) is 0 Å². The average molecular weight is 206 g/mol. The number of anilines is 2. The molecule has 15 heavy (non-hydrogen) atoms. The fraction of sp³-hybridized carbons (Fsp3) is 0.500. The van der Waals surface area contributed by atoms with Gasteiger partial charge in [0.25, 0.3) is 0 Å². The topological polar surface area (TPSA) is 38.5 Å². The lowest BCUT2D eigenvalue weighted by Gasteiger charge is -2.35. The smallest absolute Gasteiger partial charge is 0.0668 e. The molecule has 0 spiro atoms. The Morgan fingerprint density at radius 2 is 2.27 bits per heavy atom. The first-order chi connectivity index (χ1) is 7.18. The normalized spacial score (nSPS) is 21.7. The molecule has 0 aliphatic carbocycles. The molecule has 0 bridgehead atoms. The van der Waals surface area contributed by atoms with Crippen molar-refractivity contribution in [2.75, 3.05) is 30.4 Å².